The van der Waals surface area contributed by atoms with Gasteiger partial charge in [-0.25, -0.2) is 9.97 Å². The molecule has 5 rings (SSSR count). The minimum Gasteiger partial charge on any atom is -0.353 e. The highest BCUT2D eigenvalue weighted by atomic mass is 32.2. The Morgan fingerprint density at radius 2 is 1.57 bits per heavy atom. The Labute approximate surface area is 239 Å². The van der Waals surface area contributed by atoms with Crippen LogP contribution in [0, 0.1) is 0 Å². The number of hydrogen-bond acceptors (Lipinski definition) is 8. The van der Waals surface area contributed by atoms with Crippen molar-refractivity contribution in [3.63, 3.8) is 0 Å². The molecule has 0 radical (unpaired) electrons. The molecule has 9 nitrogen and oxygen atoms in total. The van der Waals surface area contributed by atoms with E-state index in [1.54, 1.807) is 35.6 Å². The number of benzene rings is 3. The van der Waals surface area contributed by atoms with Crippen molar-refractivity contribution < 1.29 is 17.8 Å². The van der Waals surface area contributed by atoms with Crippen molar-refractivity contribution in [3.8, 4) is 21.8 Å². The van der Waals surface area contributed by atoms with E-state index in [0.717, 1.165) is 43.9 Å². The molecule has 5 aromatic rings. The molecule has 0 unspecified atom stereocenters. The van der Waals surface area contributed by atoms with Crippen molar-refractivity contribution in [1.29, 1.82) is 0 Å². The first-order valence-corrected chi connectivity index (χ1v) is 15.4. The van der Waals surface area contributed by atoms with Crippen LogP contribution in [-0.4, -0.2) is 28.8 Å². The van der Waals surface area contributed by atoms with Crippen LogP contribution in [0.4, 0.5) is 16.5 Å². The maximum atomic E-state index is 11.3. The summed E-state index contributed by atoms with van der Waals surface area (Å²) in [6, 6.07) is 24.1. The Morgan fingerprint density at radius 1 is 0.875 bits per heavy atom. The van der Waals surface area contributed by atoms with Gasteiger partial charge in [0.1, 0.15) is 5.01 Å². The topological polar surface area (TPSA) is 133 Å². The number of rotatable bonds is 10. The molecule has 40 heavy (non-hydrogen) atoms. The van der Waals surface area contributed by atoms with E-state index in [9.17, 15) is 13.2 Å². The van der Waals surface area contributed by atoms with Gasteiger partial charge < -0.3 is 10.6 Å². The molecule has 2 heterocycles. The summed E-state index contributed by atoms with van der Waals surface area (Å²) < 4.78 is 33.4. The molecule has 0 saturated carbocycles. The Morgan fingerprint density at radius 3 is 2.25 bits per heavy atom. The SMILES string of the molecule is CC(=O)Nc1ccc(-c2csc(N[C@@H](Cc3ccc(NS(=O)(=O)O)cc3)c3csc(-c4ccccc4)n3)n2)cc1. The molecule has 1 amide bonds. The number of nitrogens with zero attached hydrogens (tertiary/aromatic N) is 2. The predicted molar refractivity (Wildman–Crippen MR) is 161 cm³/mol. The summed E-state index contributed by atoms with van der Waals surface area (Å²) in [5, 5.41) is 11.9. The fraction of sp³-hybridized carbons (Fsp3) is 0.107. The first-order valence-electron chi connectivity index (χ1n) is 12.2. The number of hydrogen-bond donors (Lipinski definition) is 4. The smallest absolute Gasteiger partial charge is 0.353 e. The third-order valence-electron chi connectivity index (χ3n) is 5.84. The second-order valence-electron chi connectivity index (χ2n) is 8.92. The first kappa shape index (κ1) is 27.5. The maximum Gasteiger partial charge on any atom is 0.357 e. The van der Waals surface area contributed by atoms with Crippen molar-refractivity contribution in [1.82, 2.24) is 9.97 Å². The van der Waals surface area contributed by atoms with E-state index in [0.29, 0.717) is 6.42 Å². The van der Waals surface area contributed by atoms with Crippen LogP contribution in [0.25, 0.3) is 21.8 Å². The van der Waals surface area contributed by atoms with E-state index < -0.39 is 10.3 Å². The van der Waals surface area contributed by atoms with Crippen molar-refractivity contribution in [2.24, 2.45) is 0 Å². The Bertz CT molecular complexity index is 1700. The largest absolute Gasteiger partial charge is 0.357 e. The molecule has 0 bridgehead atoms. The van der Waals surface area contributed by atoms with Gasteiger partial charge in [-0.05, 0) is 36.2 Å². The summed E-state index contributed by atoms with van der Waals surface area (Å²) in [6.45, 7) is 1.47. The van der Waals surface area contributed by atoms with Crippen molar-refractivity contribution in [3.05, 3.63) is 101 Å². The average Bonchev–Trinajstić information content (AvgIpc) is 3.60. The molecule has 0 saturated heterocycles. The van der Waals surface area contributed by atoms with Gasteiger partial charge in [0.2, 0.25) is 5.91 Å². The number of aromatic nitrogens is 2. The van der Waals surface area contributed by atoms with Crippen LogP contribution >= 0.6 is 22.7 Å². The van der Waals surface area contributed by atoms with Crippen LogP contribution < -0.4 is 15.4 Å². The molecule has 0 aliphatic rings. The molecule has 4 N–H and O–H groups in total. The average molecular weight is 592 g/mol. The molecule has 1 atom stereocenters. The lowest BCUT2D eigenvalue weighted by Gasteiger charge is -2.17. The van der Waals surface area contributed by atoms with Crippen LogP contribution in [0.1, 0.15) is 24.2 Å². The molecule has 204 valence electrons. The van der Waals surface area contributed by atoms with E-state index in [-0.39, 0.29) is 17.6 Å². The van der Waals surface area contributed by atoms with Gasteiger partial charge in [0.25, 0.3) is 0 Å². The molecular weight excluding hydrogens is 567 g/mol. The molecule has 0 spiro atoms. The number of anilines is 3. The third-order valence-corrected chi connectivity index (χ3v) is 8.02. The molecule has 2 aromatic heterocycles. The number of carbonyl (C=O) groups is 1. The Hall–Kier alpha value is -4.10. The summed E-state index contributed by atoms with van der Waals surface area (Å²) in [5.41, 5.74) is 5.57. The zero-order valence-corrected chi connectivity index (χ0v) is 23.7. The number of carbonyl (C=O) groups excluding carboxylic acids is 1. The Kier molecular flexibility index (Phi) is 8.21. The lowest BCUT2D eigenvalue weighted by Crippen LogP contribution is -2.14. The van der Waals surface area contributed by atoms with Gasteiger partial charge in [-0.15, -0.1) is 22.7 Å². The lowest BCUT2D eigenvalue weighted by atomic mass is 10.0. The van der Waals surface area contributed by atoms with Gasteiger partial charge >= 0.3 is 10.3 Å². The molecule has 0 aliphatic heterocycles. The Balaban J connectivity index is 1.38. The minimum atomic E-state index is -4.35. The van der Waals surface area contributed by atoms with Crippen LogP contribution in [0.3, 0.4) is 0 Å². The highest BCUT2D eigenvalue weighted by molar-refractivity contribution is 7.87. The number of thiazole rings is 2. The summed E-state index contributed by atoms with van der Waals surface area (Å²) in [5.74, 6) is -0.124. The van der Waals surface area contributed by atoms with Gasteiger partial charge in [0.05, 0.1) is 23.1 Å². The predicted octanol–water partition coefficient (Wildman–Crippen LogP) is 6.50. The van der Waals surface area contributed by atoms with Gasteiger partial charge in [0.15, 0.2) is 5.13 Å². The molecule has 3 aromatic carbocycles. The van der Waals surface area contributed by atoms with E-state index in [4.69, 9.17) is 14.5 Å². The van der Waals surface area contributed by atoms with Crippen LogP contribution in [-0.2, 0) is 21.5 Å². The number of amides is 1. The van der Waals surface area contributed by atoms with Gasteiger partial charge in [-0.3, -0.25) is 14.1 Å². The van der Waals surface area contributed by atoms with E-state index >= 15 is 0 Å². The number of nitrogens with one attached hydrogen (secondary N) is 3. The highest BCUT2D eigenvalue weighted by Crippen LogP contribution is 2.32. The van der Waals surface area contributed by atoms with Crippen LogP contribution in [0.2, 0.25) is 0 Å². The second-order valence-corrected chi connectivity index (χ2v) is 11.8. The quantitative estimate of drug-likeness (QED) is 0.136. The third kappa shape index (κ3) is 7.30. The molecule has 12 heteroatoms. The van der Waals surface area contributed by atoms with Crippen molar-refractivity contribution >= 4 is 55.4 Å². The van der Waals surface area contributed by atoms with Crippen molar-refractivity contribution in [2.75, 3.05) is 15.4 Å². The molecular formula is C28H25N5O4S3. The van der Waals surface area contributed by atoms with Gasteiger partial charge in [0, 0.05) is 34.5 Å². The fourth-order valence-electron chi connectivity index (χ4n) is 4.03. The van der Waals surface area contributed by atoms with Crippen LogP contribution in [0.15, 0.2) is 89.6 Å². The van der Waals surface area contributed by atoms with E-state index in [1.807, 2.05) is 65.4 Å². The standard InChI is InChI=1S/C28H25N5O4S3/c1-18(34)29-22-13-9-20(10-14-22)25-16-39-28(32-25)31-24(15-19-7-11-23(12-8-19)33-40(35,36)37)26-17-38-27(30-26)21-5-3-2-4-6-21/h2-14,16-17,24,33H,15H2,1H3,(H,29,34)(H,31,32)(H,35,36,37)/t24-/m0/s1. The first-order chi connectivity index (χ1) is 19.2. The summed E-state index contributed by atoms with van der Waals surface area (Å²) in [7, 11) is -4.35. The van der Waals surface area contributed by atoms with Gasteiger partial charge in [-0.2, -0.15) is 8.42 Å². The van der Waals surface area contributed by atoms with Gasteiger partial charge in [-0.1, -0.05) is 54.6 Å². The highest BCUT2D eigenvalue weighted by Gasteiger charge is 2.19. The van der Waals surface area contributed by atoms with Crippen LogP contribution in [0.5, 0.6) is 0 Å². The monoisotopic (exact) mass is 591 g/mol. The zero-order chi connectivity index (χ0) is 28.1. The minimum absolute atomic E-state index is 0.124. The van der Waals surface area contributed by atoms with Crippen molar-refractivity contribution in [2.45, 2.75) is 19.4 Å². The van der Waals surface area contributed by atoms with E-state index in [2.05, 4.69) is 15.4 Å². The molecule has 0 aliphatic carbocycles. The zero-order valence-electron chi connectivity index (χ0n) is 21.2. The molecule has 0 fully saturated rings. The summed E-state index contributed by atoms with van der Waals surface area (Å²) >= 11 is 3.05. The summed E-state index contributed by atoms with van der Waals surface area (Å²) in [4.78, 5) is 21.0. The normalized spacial score (nSPS) is 12.1. The fourth-order valence-corrected chi connectivity index (χ4v) is 6.12. The maximum absolute atomic E-state index is 11.3. The second kappa shape index (κ2) is 12.0. The summed E-state index contributed by atoms with van der Waals surface area (Å²) in [6.07, 6.45) is 0.560. The lowest BCUT2D eigenvalue weighted by molar-refractivity contribution is -0.114. The van der Waals surface area contributed by atoms with E-state index in [1.165, 1.54) is 18.3 Å².